The average molecular weight is 521 g/mol. The summed E-state index contributed by atoms with van der Waals surface area (Å²) in [5, 5.41) is 2.24. The normalized spacial score (nSPS) is 22.9. The summed E-state index contributed by atoms with van der Waals surface area (Å²) in [7, 11) is 0. The first kappa shape index (κ1) is 24.5. The van der Waals surface area contributed by atoms with E-state index < -0.39 is 22.7 Å². The Labute approximate surface area is 201 Å². The van der Waals surface area contributed by atoms with Crippen LogP contribution < -0.4 is 14.8 Å². The van der Waals surface area contributed by atoms with Gasteiger partial charge in [0.15, 0.2) is 18.1 Å². The molecule has 0 unspecified atom stereocenters. The molecule has 3 fully saturated rings. The quantitative estimate of drug-likeness (QED) is 0.470. The number of amides is 1. The van der Waals surface area contributed by atoms with Crippen molar-refractivity contribution in [3.05, 3.63) is 52.0 Å². The van der Waals surface area contributed by atoms with Gasteiger partial charge in [-0.3, -0.25) is 9.59 Å². The van der Waals surface area contributed by atoms with E-state index in [4.69, 9.17) is 32.7 Å². The molecule has 3 aliphatic carbocycles. The van der Waals surface area contributed by atoms with E-state index >= 15 is 0 Å². The maximum absolute atomic E-state index is 13.4. The molecule has 2 bridgehead atoms. The van der Waals surface area contributed by atoms with E-state index in [0.717, 1.165) is 18.3 Å². The number of carbonyl (C=O) groups excluding carboxylic acids is 2. The zero-order chi connectivity index (χ0) is 24.7. The van der Waals surface area contributed by atoms with Crippen LogP contribution in [-0.4, -0.2) is 35.4 Å². The highest BCUT2D eigenvalue weighted by atomic mass is 35.5. The van der Waals surface area contributed by atoms with Gasteiger partial charge < -0.3 is 14.8 Å². The molecule has 5 rings (SSSR count). The lowest BCUT2D eigenvalue weighted by Crippen LogP contribution is -2.75. The predicted octanol–water partition coefficient (Wildman–Crippen LogP) is 5.00. The number of alkyl halides is 3. The van der Waals surface area contributed by atoms with Gasteiger partial charge in [-0.1, -0.05) is 23.2 Å². The Kier molecular flexibility index (Phi) is 6.41. The van der Waals surface area contributed by atoms with E-state index in [2.05, 4.69) is 10.3 Å². The number of ketones is 1. The number of hydrogen-bond acceptors (Lipinski definition) is 5. The van der Waals surface area contributed by atoms with E-state index in [9.17, 15) is 27.2 Å². The van der Waals surface area contributed by atoms with Gasteiger partial charge >= 0.3 is 6.18 Å². The van der Waals surface area contributed by atoms with Crippen LogP contribution >= 0.6 is 23.2 Å². The maximum atomic E-state index is 13.4. The highest BCUT2D eigenvalue weighted by Gasteiger charge is 2.68. The first-order valence-electron chi connectivity index (χ1n) is 10.1. The molecule has 1 N–H and O–H groups in total. The molecule has 1 aromatic carbocycles. The monoisotopic (exact) mass is 520 g/mol. The molecule has 1 heterocycles. The number of carbonyl (C=O) groups is 2. The molecule has 6 nitrogen and oxygen atoms in total. The zero-order valence-electron chi connectivity index (χ0n) is 17.5. The van der Waals surface area contributed by atoms with E-state index in [-0.39, 0.29) is 58.8 Å². The summed E-state index contributed by atoms with van der Waals surface area (Å²) in [6.07, 6.45) is -1.70. The van der Waals surface area contributed by atoms with Crippen LogP contribution in [-0.2, 0) is 15.8 Å². The molecule has 0 saturated heterocycles. The molecule has 12 heteroatoms. The van der Waals surface area contributed by atoms with Crippen molar-refractivity contribution >= 4 is 34.9 Å². The molecule has 0 atom stereocenters. The van der Waals surface area contributed by atoms with Crippen molar-refractivity contribution in [2.75, 3.05) is 13.2 Å². The van der Waals surface area contributed by atoms with Gasteiger partial charge in [0.2, 0.25) is 0 Å². The van der Waals surface area contributed by atoms with Crippen LogP contribution in [0, 0.1) is 11.2 Å². The minimum absolute atomic E-state index is 0.0340. The smallest absolute Gasteiger partial charge is 0.434 e. The van der Waals surface area contributed by atoms with Crippen LogP contribution in [0.1, 0.15) is 31.4 Å². The van der Waals surface area contributed by atoms with Crippen LogP contribution in [0.15, 0.2) is 30.5 Å². The Morgan fingerprint density at radius 2 is 1.71 bits per heavy atom. The van der Waals surface area contributed by atoms with Gasteiger partial charge in [-0.05, 0) is 36.8 Å². The topological polar surface area (TPSA) is 77.5 Å². The fourth-order valence-corrected chi connectivity index (χ4v) is 5.09. The molecule has 2 aromatic rings. The summed E-state index contributed by atoms with van der Waals surface area (Å²) in [5.74, 6) is -1.07. The average Bonchev–Trinajstić information content (AvgIpc) is 2.69. The number of hydrogen-bond donors (Lipinski definition) is 1. The molecular weight excluding hydrogens is 503 g/mol. The number of nitrogens with zero attached hydrogens (tertiary/aromatic N) is 1. The number of halogens is 6. The van der Waals surface area contributed by atoms with E-state index in [1.165, 1.54) is 12.1 Å². The van der Waals surface area contributed by atoms with Gasteiger partial charge in [0.1, 0.15) is 23.9 Å². The molecule has 3 saturated carbocycles. The fraction of sp³-hybridized carbons (Fsp3) is 0.409. The second kappa shape index (κ2) is 8.88. The van der Waals surface area contributed by atoms with E-state index in [0.29, 0.717) is 19.3 Å². The summed E-state index contributed by atoms with van der Waals surface area (Å²) < 4.78 is 62.0. The molecule has 3 aliphatic rings. The molecule has 0 spiro atoms. The molecule has 182 valence electrons. The number of aromatic nitrogens is 1. The molecule has 0 aliphatic heterocycles. The molecule has 34 heavy (non-hydrogen) atoms. The summed E-state index contributed by atoms with van der Waals surface area (Å²) in [5.41, 5.74) is -1.82. The van der Waals surface area contributed by atoms with Crippen molar-refractivity contribution in [2.24, 2.45) is 5.41 Å². The third kappa shape index (κ3) is 5.22. The predicted molar refractivity (Wildman–Crippen MR) is 113 cm³/mol. The number of rotatable bonds is 9. The third-order valence-electron chi connectivity index (χ3n) is 5.86. The highest BCUT2D eigenvalue weighted by Crippen LogP contribution is 2.69. The van der Waals surface area contributed by atoms with Crippen molar-refractivity contribution in [1.82, 2.24) is 10.3 Å². The Hall–Kier alpha value is -2.59. The van der Waals surface area contributed by atoms with Crippen LogP contribution in [0.4, 0.5) is 17.6 Å². The third-order valence-corrected chi connectivity index (χ3v) is 6.46. The van der Waals surface area contributed by atoms with Gasteiger partial charge in [-0.15, -0.1) is 0 Å². The Balaban J connectivity index is 1.18. The number of nitrogens with one attached hydrogen (secondary N) is 1. The van der Waals surface area contributed by atoms with Gasteiger partial charge in [0.05, 0.1) is 16.2 Å². The van der Waals surface area contributed by atoms with Gasteiger partial charge in [0.25, 0.3) is 5.91 Å². The summed E-state index contributed by atoms with van der Waals surface area (Å²) in [6.45, 7) is -0.609. The number of pyridine rings is 1. The molecule has 1 aromatic heterocycles. The Morgan fingerprint density at radius 1 is 1.03 bits per heavy atom. The van der Waals surface area contributed by atoms with Crippen LogP contribution in [0.5, 0.6) is 11.5 Å². The first-order valence-corrected chi connectivity index (χ1v) is 10.9. The minimum atomic E-state index is -4.68. The maximum Gasteiger partial charge on any atom is 0.434 e. The van der Waals surface area contributed by atoms with Gasteiger partial charge in [0, 0.05) is 24.1 Å². The van der Waals surface area contributed by atoms with E-state index in [1.54, 1.807) is 0 Å². The summed E-state index contributed by atoms with van der Waals surface area (Å²) in [6, 6.07) is 4.85. The van der Waals surface area contributed by atoms with Crippen LogP contribution in [0.25, 0.3) is 0 Å². The zero-order valence-corrected chi connectivity index (χ0v) is 19.0. The standard InChI is InChI=1S/C22H18Cl2F4N2O4/c23-15-2-1-13(4-17(15)25)34-8-18(32)30-21-9-20(10-21,11-21)5-12(31)7-33-14-3-16(24)19(29-6-14)22(26,27)28/h1-4,6H,5,7-11H2,(H,30,32). The van der Waals surface area contributed by atoms with Crippen molar-refractivity contribution < 1.29 is 36.6 Å². The van der Waals surface area contributed by atoms with Gasteiger partial charge in [-0.25, -0.2) is 9.37 Å². The number of Topliss-reactive ketones (excluding diaryl/α,β-unsaturated/α-hetero) is 1. The Morgan fingerprint density at radius 3 is 2.32 bits per heavy atom. The largest absolute Gasteiger partial charge is 0.484 e. The Bertz CT molecular complexity index is 1120. The lowest BCUT2D eigenvalue weighted by Gasteiger charge is -2.70. The van der Waals surface area contributed by atoms with Crippen molar-refractivity contribution in [1.29, 1.82) is 0 Å². The van der Waals surface area contributed by atoms with Gasteiger partial charge in [-0.2, -0.15) is 13.2 Å². The second-order valence-electron chi connectivity index (χ2n) is 8.73. The van der Waals surface area contributed by atoms with Crippen LogP contribution in [0.2, 0.25) is 10.0 Å². The second-order valence-corrected chi connectivity index (χ2v) is 9.54. The molecule has 0 radical (unpaired) electrons. The summed E-state index contributed by atoms with van der Waals surface area (Å²) >= 11 is 11.2. The first-order chi connectivity index (χ1) is 15.9. The van der Waals surface area contributed by atoms with Crippen molar-refractivity contribution in [3.63, 3.8) is 0 Å². The van der Waals surface area contributed by atoms with E-state index in [1.807, 2.05) is 0 Å². The lowest BCUT2D eigenvalue weighted by atomic mass is 9.38. The minimum Gasteiger partial charge on any atom is -0.484 e. The number of ether oxygens (including phenoxy) is 2. The highest BCUT2D eigenvalue weighted by molar-refractivity contribution is 6.31. The fourth-order valence-electron chi connectivity index (χ4n) is 4.71. The van der Waals surface area contributed by atoms with Crippen LogP contribution in [0.3, 0.4) is 0 Å². The number of benzene rings is 1. The summed E-state index contributed by atoms with van der Waals surface area (Å²) in [4.78, 5) is 27.7. The molecule has 1 amide bonds. The van der Waals surface area contributed by atoms with Crippen molar-refractivity contribution in [3.8, 4) is 11.5 Å². The molecular formula is C22H18Cl2F4N2O4. The SMILES string of the molecule is O=C(COc1cnc(C(F)(F)F)c(Cl)c1)CC12CC(NC(=O)COc3ccc(Cl)c(F)c3)(C1)C2. The lowest BCUT2D eigenvalue weighted by molar-refractivity contribution is -0.173. The van der Waals surface area contributed by atoms with Crippen molar-refractivity contribution in [2.45, 2.75) is 37.4 Å².